The highest BCUT2D eigenvalue weighted by Gasteiger charge is 2.19. The average molecular weight is 278 g/mol. The second-order valence-electron chi connectivity index (χ2n) is 5.33. The molecule has 0 spiro atoms. The first kappa shape index (κ1) is 15.0. The molecule has 0 bridgehead atoms. The molecule has 2 rings (SSSR count). The topological polar surface area (TPSA) is 50.3 Å². The maximum atomic E-state index is 5.65. The molecule has 1 aliphatic heterocycles. The number of likely N-dealkylation sites (N-methyl/N-ethyl adjacent to an activating group) is 1. The highest BCUT2D eigenvalue weighted by Crippen LogP contribution is 2.17. The van der Waals surface area contributed by atoms with E-state index >= 15 is 0 Å². The average Bonchev–Trinajstić information content (AvgIpc) is 2.95. The Morgan fingerprint density at radius 1 is 1.40 bits per heavy atom. The lowest BCUT2D eigenvalue weighted by Gasteiger charge is -2.25. The molecule has 1 fully saturated rings. The molecule has 0 saturated carbocycles. The van der Waals surface area contributed by atoms with Crippen LogP contribution in [0.2, 0.25) is 0 Å². The van der Waals surface area contributed by atoms with Gasteiger partial charge in [-0.3, -0.25) is 0 Å². The predicted octanol–water partition coefficient (Wildman–Crippen LogP) is 2.15. The van der Waals surface area contributed by atoms with Gasteiger partial charge in [0.2, 0.25) is 11.8 Å². The fraction of sp³-hybridized carbons (Fsp3) is 0.733. The van der Waals surface area contributed by atoms with Gasteiger partial charge in [-0.15, -0.1) is 0 Å². The first-order valence-corrected chi connectivity index (χ1v) is 7.69. The Kier molecular flexibility index (Phi) is 5.59. The Morgan fingerprint density at radius 3 is 2.90 bits per heavy atom. The Bertz CT molecular complexity index is 418. The molecule has 5 nitrogen and oxygen atoms in total. The van der Waals surface area contributed by atoms with E-state index in [0.717, 1.165) is 37.7 Å². The van der Waals surface area contributed by atoms with Crippen molar-refractivity contribution in [3.05, 3.63) is 11.8 Å². The summed E-state index contributed by atoms with van der Waals surface area (Å²) in [5.74, 6) is 1.47. The Hall–Kier alpha value is -1.36. The molecule has 20 heavy (non-hydrogen) atoms. The zero-order valence-corrected chi connectivity index (χ0v) is 12.9. The molecule has 0 radical (unpaired) electrons. The highest BCUT2D eigenvalue weighted by atomic mass is 16.5. The van der Waals surface area contributed by atoms with Gasteiger partial charge >= 0.3 is 0 Å². The van der Waals surface area contributed by atoms with Gasteiger partial charge in [0.25, 0.3) is 0 Å². The van der Waals surface area contributed by atoms with Crippen LogP contribution in [-0.4, -0.2) is 42.3 Å². The van der Waals surface area contributed by atoms with Crippen LogP contribution in [0.25, 0.3) is 0 Å². The molecule has 1 atom stereocenters. The monoisotopic (exact) mass is 278 g/mol. The zero-order valence-electron chi connectivity index (χ0n) is 12.9. The number of nitrogens with one attached hydrogen (secondary N) is 1. The van der Waals surface area contributed by atoms with Gasteiger partial charge in [0.05, 0.1) is 6.61 Å². The second-order valence-corrected chi connectivity index (χ2v) is 5.33. The maximum absolute atomic E-state index is 5.65. The fourth-order valence-electron chi connectivity index (χ4n) is 2.48. The molecule has 1 saturated heterocycles. The van der Waals surface area contributed by atoms with Gasteiger partial charge in [0.1, 0.15) is 0 Å². The van der Waals surface area contributed by atoms with Gasteiger partial charge in [0.15, 0.2) is 0 Å². The normalized spacial score (nSPS) is 18.2. The van der Waals surface area contributed by atoms with Crippen molar-refractivity contribution < 1.29 is 4.74 Å². The molecule has 0 amide bonds. The quantitative estimate of drug-likeness (QED) is 0.828. The SMILES string of the molecule is CCCOc1cc(C)nc(N(CC)CC2CCCN2)n1. The summed E-state index contributed by atoms with van der Waals surface area (Å²) in [5.41, 5.74) is 0.957. The van der Waals surface area contributed by atoms with E-state index in [1.807, 2.05) is 13.0 Å². The summed E-state index contributed by atoms with van der Waals surface area (Å²) in [5, 5.41) is 3.53. The number of aryl methyl sites for hydroxylation is 1. The van der Waals surface area contributed by atoms with Crippen LogP contribution in [0.5, 0.6) is 5.88 Å². The van der Waals surface area contributed by atoms with Crippen molar-refractivity contribution in [2.75, 3.05) is 31.1 Å². The van der Waals surface area contributed by atoms with Crippen LogP contribution < -0.4 is 15.0 Å². The van der Waals surface area contributed by atoms with Crippen molar-refractivity contribution >= 4 is 5.95 Å². The third-order valence-electron chi connectivity index (χ3n) is 3.54. The summed E-state index contributed by atoms with van der Waals surface area (Å²) in [6, 6.07) is 2.46. The second kappa shape index (κ2) is 7.43. The van der Waals surface area contributed by atoms with E-state index in [0.29, 0.717) is 18.5 Å². The largest absolute Gasteiger partial charge is 0.478 e. The summed E-state index contributed by atoms with van der Waals surface area (Å²) < 4.78 is 5.65. The molecule has 112 valence electrons. The Morgan fingerprint density at radius 2 is 2.25 bits per heavy atom. The molecular formula is C15H26N4O. The smallest absolute Gasteiger partial charge is 0.228 e. The number of ether oxygens (including phenoxy) is 1. The van der Waals surface area contributed by atoms with E-state index in [1.54, 1.807) is 0 Å². The van der Waals surface area contributed by atoms with Crippen LogP contribution in [0, 0.1) is 6.92 Å². The summed E-state index contributed by atoms with van der Waals surface area (Å²) in [4.78, 5) is 11.3. The van der Waals surface area contributed by atoms with E-state index in [-0.39, 0.29) is 0 Å². The minimum atomic E-state index is 0.555. The van der Waals surface area contributed by atoms with E-state index < -0.39 is 0 Å². The number of nitrogens with zero attached hydrogens (tertiary/aromatic N) is 3. The van der Waals surface area contributed by atoms with Crippen LogP contribution in [0.3, 0.4) is 0 Å². The minimum absolute atomic E-state index is 0.555. The maximum Gasteiger partial charge on any atom is 0.228 e. The molecule has 1 N–H and O–H groups in total. The van der Waals surface area contributed by atoms with Gasteiger partial charge in [-0.2, -0.15) is 4.98 Å². The van der Waals surface area contributed by atoms with Crippen LogP contribution in [0.15, 0.2) is 6.07 Å². The third kappa shape index (κ3) is 4.07. The fourth-order valence-corrected chi connectivity index (χ4v) is 2.48. The standard InChI is InChI=1S/C15H26N4O/c1-4-9-20-14-10-12(3)17-15(18-14)19(5-2)11-13-7-6-8-16-13/h10,13,16H,4-9,11H2,1-3H3. The van der Waals surface area contributed by atoms with Gasteiger partial charge < -0.3 is 15.0 Å². The minimum Gasteiger partial charge on any atom is -0.478 e. The lowest BCUT2D eigenvalue weighted by atomic mass is 10.2. The number of anilines is 1. The van der Waals surface area contributed by atoms with Crippen LogP contribution >= 0.6 is 0 Å². The number of rotatable bonds is 7. The summed E-state index contributed by atoms with van der Waals surface area (Å²) in [7, 11) is 0. The number of aromatic nitrogens is 2. The summed E-state index contributed by atoms with van der Waals surface area (Å²) in [6.07, 6.45) is 3.49. The first-order chi connectivity index (χ1) is 9.72. The van der Waals surface area contributed by atoms with Gasteiger partial charge in [-0.25, -0.2) is 4.98 Å². The van der Waals surface area contributed by atoms with Crippen molar-refractivity contribution in [3.63, 3.8) is 0 Å². The summed E-state index contributed by atoms with van der Waals surface area (Å²) in [6.45, 7) is 9.94. The molecule has 0 aliphatic carbocycles. The Labute approximate surface area is 121 Å². The van der Waals surface area contributed by atoms with Crippen molar-refractivity contribution in [2.45, 2.75) is 46.1 Å². The van der Waals surface area contributed by atoms with Crippen molar-refractivity contribution in [1.82, 2.24) is 15.3 Å². The molecule has 1 aromatic rings. The highest BCUT2D eigenvalue weighted by molar-refractivity contribution is 5.34. The third-order valence-corrected chi connectivity index (χ3v) is 3.54. The zero-order chi connectivity index (χ0) is 14.4. The lowest BCUT2D eigenvalue weighted by molar-refractivity contribution is 0.304. The van der Waals surface area contributed by atoms with E-state index in [2.05, 4.69) is 34.0 Å². The Balaban J connectivity index is 2.08. The van der Waals surface area contributed by atoms with Crippen LogP contribution in [0.4, 0.5) is 5.95 Å². The first-order valence-electron chi connectivity index (χ1n) is 7.69. The molecule has 0 aromatic carbocycles. The van der Waals surface area contributed by atoms with Crippen molar-refractivity contribution in [2.24, 2.45) is 0 Å². The number of hydrogen-bond donors (Lipinski definition) is 1. The number of hydrogen-bond acceptors (Lipinski definition) is 5. The lowest BCUT2D eigenvalue weighted by Crippen LogP contribution is -2.38. The van der Waals surface area contributed by atoms with Gasteiger partial charge in [0, 0.05) is 30.9 Å². The predicted molar refractivity (Wildman–Crippen MR) is 81.5 cm³/mol. The molecule has 2 heterocycles. The van der Waals surface area contributed by atoms with Crippen LogP contribution in [-0.2, 0) is 0 Å². The molecule has 1 unspecified atom stereocenters. The van der Waals surface area contributed by atoms with Crippen LogP contribution in [0.1, 0.15) is 38.8 Å². The van der Waals surface area contributed by atoms with E-state index in [1.165, 1.54) is 12.8 Å². The van der Waals surface area contributed by atoms with Gasteiger partial charge in [-0.1, -0.05) is 6.92 Å². The molecule has 1 aromatic heterocycles. The van der Waals surface area contributed by atoms with Gasteiger partial charge in [-0.05, 0) is 39.7 Å². The van der Waals surface area contributed by atoms with E-state index in [4.69, 9.17) is 4.74 Å². The van der Waals surface area contributed by atoms with Crippen molar-refractivity contribution in [1.29, 1.82) is 0 Å². The molecule has 5 heteroatoms. The van der Waals surface area contributed by atoms with E-state index in [9.17, 15) is 0 Å². The van der Waals surface area contributed by atoms with Crippen molar-refractivity contribution in [3.8, 4) is 5.88 Å². The molecular weight excluding hydrogens is 252 g/mol. The molecule has 1 aliphatic rings. The summed E-state index contributed by atoms with van der Waals surface area (Å²) >= 11 is 0.